The number of benzene rings is 1. The van der Waals surface area contributed by atoms with Crippen molar-refractivity contribution in [2.45, 2.75) is 25.4 Å². The summed E-state index contributed by atoms with van der Waals surface area (Å²) in [6.07, 6.45) is 3.89. The fourth-order valence-electron chi connectivity index (χ4n) is 3.60. The van der Waals surface area contributed by atoms with E-state index in [0.29, 0.717) is 18.1 Å². The summed E-state index contributed by atoms with van der Waals surface area (Å²) in [7, 11) is 0. The van der Waals surface area contributed by atoms with Gasteiger partial charge < -0.3 is 15.7 Å². The zero-order valence-corrected chi connectivity index (χ0v) is 16.2. The monoisotopic (exact) mass is 418 g/mol. The molecule has 3 aromatic rings. The van der Waals surface area contributed by atoms with Crippen molar-refractivity contribution in [1.82, 2.24) is 24.8 Å². The van der Waals surface area contributed by atoms with Gasteiger partial charge in [0, 0.05) is 37.6 Å². The van der Waals surface area contributed by atoms with Gasteiger partial charge in [0.25, 0.3) is 0 Å². The van der Waals surface area contributed by atoms with Gasteiger partial charge in [-0.3, -0.25) is 4.90 Å². The molecule has 4 rings (SSSR count). The molecule has 2 aromatic heterocycles. The third kappa shape index (κ3) is 4.41. The molecule has 1 aliphatic heterocycles. The molecule has 0 atom stereocenters. The van der Waals surface area contributed by atoms with Crippen molar-refractivity contribution < 1.29 is 14.3 Å². The first kappa shape index (κ1) is 19.4. The van der Waals surface area contributed by atoms with Gasteiger partial charge in [-0.2, -0.15) is 5.10 Å². The Kier molecular flexibility index (Phi) is 5.50. The minimum atomic E-state index is -0.976. The fraction of sp³-hybridized carbons (Fsp3) is 0.316. The van der Waals surface area contributed by atoms with Crippen LogP contribution in [-0.4, -0.2) is 49.8 Å². The van der Waals surface area contributed by atoms with Crippen LogP contribution in [0, 0.1) is 5.82 Å². The molecule has 0 aliphatic carbocycles. The SMILES string of the molecule is O=C(O)NC1CCN(Cc2ccn3ncnc(Nc4ccc(F)c(Cl)c4)c23)CC1. The lowest BCUT2D eigenvalue weighted by molar-refractivity contribution is 0.165. The largest absolute Gasteiger partial charge is 0.465 e. The molecule has 1 fully saturated rings. The maximum atomic E-state index is 13.4. The quantitative estimate of drug-likeness (QED) is 0.587. The van der Waals surface area contributed by atoms with Crippen LogP contribution in [0.25, 0.3) is 5.52 Å². The molecule has 1 saturated heterocycles. The second-order valence-electron chi connectivity index (χ2n) is 7.00. The Balaban J connectivity index is 1.52. The lowest BCUT2D eigenvalue weighted by Crippen LogP contribution is -2.43. The summed E-state index contributed by atoms with van der Waals surface area (Å²) in [5.41, 5.74) is 2.51. The maximum Gasteiger partial charge on any atom is 0.404 e. The van der Waals surface area contributed by atoms with Crippen molar-refractivity contribution in [2.24, 2.45) is 0 Å². The Labute approximate surface area is 171 Å². The molecule has 1 amide bonds. The summed E-state index contributed by atoms with van der Waals surface area (Å²) in [6.45, 7) is 2.29. The number of hydrogen-bond donors (Lipinski definition) is 3. The van der Waals surface area contributed by atoms with Gasteiger partial charge in [0.15, 0.2) is 5.82 Å². The highest BCUT2D eigenvalue weighted by Gasteiger charge is 2.22. The van der Waals surface area contributed by atoms with Gasteiger partial charge in [0.2, 0.25) is 0 Å². The standard InChI is InChI=1S/C19H20ClFN6O2/c20-15-9-14(1-2-16(15)21)24-18-17-12(3-8-27(17)23-11-22-18)10-26-6-4-13(5-7-26)25-19(28)29/h1-3,8-9,11,13,25H,4-7,10H2,(H,28,29)(H,22,23,24). The maximum absolute atomic E-state index is 13.4. The van der Waals surface area contributed by atoms with Crippen LogP contribution in [0.1, 0.15) is 18.4 Å². The molecule has 10 heteroatoms. The molecule has 152 valence electrons. The summed E-state index contributed by atoms with van der Waals surface area (Å²) < 4.78 is 15.2. The summed E-state index contributed by atoms with van der Waals surface area (Å²) in [5, 5.41) is 18.9. The van der Waals surface area contributed by atoms with Crippen molar-refractivity contribution in [2.75, 3.05) is 18.4 Å². The first-order chi connectivity index (χ1) is 14.0. The molecule has 0 spiro atoms. The van der Waals surface area contributed by atoms with E-state index in [-0.39, 0.29) is 11.1 Å². The Morgan fingerprint density at radius 1 is 1.31 bits per heavy atom. The van der Waals surface area contributed by atoms with Crippen LogP contribution < -0.4 is 10.6 Å². The van der Waals surface area contributed by atoms with Crippen LogP contribution in [0.15, 0.2) is 36.8 Å². The van der Waals surface area contributed by atoms with Crippen LogP contribution in [-0.2, 0) is 6.54 Å². The molecule has 1 aliphatic rings. The van der Waals surface area contributed by atoms with E-state index in [1.54, 1.807) is 10.6 Å². The average Bonchev–Trinajstić information content (AvgIpc) is 3.10. The van der Waals surface area contributed by atoms with Crippen LogP contribution in [0.2, 0.25) is 5.02 Å². The molecule has 0 radical (unpaired) electrons. The molecule has 0 bridgehead atoms. The Morgan fingerprint density at radius 3 is 2.83 bits per heavy atom. The lowest BCUT2D eigenvalue weighted by atomic mass is 10.0. The fourth-order valence-corrected chi connectivity index (χ4v) is 3.78. The van der Waals surface area contributed by atoms with Crippen LogP contribution >= 0.6 is 11.6 Å². The van der Waals surface area contributed by atoms with Gasteiger partial charge in [-0.25, -0.2) is 18.7 Å². The second kappa shape index (κ2) is 8.22. The van der Waals surface area contributed by atoms with Gasteiger partial charge in [-0.05, 0) is 42.7 Å². The third-order valence-electron chi connectivity index (χ3n) is 5.03. The zero-order valence-electron chi connectivity index (χ0n) is 15.5. The molecule has 1 aromatic carbocycles. The van der Waals surface area contributed by atoms with E-state index in [4.69, 9.17) is 16.7 Å². The number of carboxylic acid groups (broad SMARTS) is 1. The number of aromatic nitrogens is 3. The number of fused-ring (bicyclic) bond motifs is 1. The molecular formula is C19H20ClFN6O2. The molecular weight excluding hydrogens is 399 g/mol. The Hall–Kier alpha value is -2.91. The first-order valence-electron chi connectivity index (χ1n) is 9.24. The minimum absolute atomic E-state index is 0.00156. The van der Waals surface area contributed by atoms with E-state index >= 15 is 0 Å². The highest BCUT2D eigenvalue weighted by molar-refractivity contribution is 6.31. The van der Waals surface area contributed by atoms with Crippen LogP contribution in [0.3, 0.4) is 0 Å². The highest BCUT2D eigenvalue weighted by Crippen LogP contribution is 2.27. The Morgan fingerprint density at radius 2 is 2.10 bits per heavy atom. The van der Waals surface area contributed by atoms with Crippen molar-refractivity contribution in [3.05, 3.63) is 53.2 Å². The van der Waals surface area contributed by atoms with Gasteiger partial charge in [-0.15, -0.1) is 0 Å². The predicted molar refractivity (Wildman–Crippen MR) is 107 cm³/mol. The van der Waals surface area contributed by atoms with E-state index in [0.717, 1.165) is 37.0 Å². The lowest BCUT2D eigenvalue weighted by Gasteiger charge is -2.31. The molecule has 3 N–H and O–H groups in total. The van der Waals surface area contributed by atoms with E-state index in [2.05, 4.69) is 25.6 Å². The van der Waals surface area contributed by atoms with Gasteiger partial charge in [-0.1, -0.05) is 11.6 Å². The Bertz CT molecular complexity index is 1030. The number of rotatable bonds is 5. The van der Waals surface area contributed by atoms with Crippen LogP contribution in [0.4, 0.5) is 20.7 Å². The molecule has 0 unspecified atom stereocenters. The van der Waals surface area contributed by atoms with Gasteiger partial charge in [0.05, 0.1) is 5.02 Å². The van der Waals surface area contributed by atoms with Crippen LogP contribution in [0.5, 0.6) is 0 Å². The van der Waals surface area contributed by atoms with Gasteiger partial charge in [0.1, 0.15) is 17.7 Å². The van der Waals surface area contributed by atoms with E-state index in [1.165, 1.54) is 18.5 Å². The first-order valence-corrected chi connectivity index (χ1v) is 9.62. The number of nitrogens with one attached hydrogen (secondary N) is 2. The summed E-state index contributed by atoms with van der Waals surface area (Å²) >= 11 is 5.88. The topological polar surface area (TPSA) is 94.8 Å². The zero-order chi connectivity index (χ0) is 20.4. The number of piperidine rings is 1. The second-order valence-corrected chi connectivity index (χ2v) is 7.40. The number of amides is 1. The number of halogens is 2. The van der Waals surface area contributed by atoms with Crippen molar-refractivity contribution in [3.8, 4) is 0 Å². The number of nitrogens with zero attached hydrogens (tertiary/aromatic N) is 4. The molecule has 8 nitrogen and oxygen atoms in total. The van der Waals surface area contributed by atoms with Crippen molar-refractivity contribution in [3.63, 3.8) is 0 Å². The summed E-state index contributed by atoms with van der Waals surface area (Å²) in [4.78, 5) is 17.4. The van der Waals surface area contributed by atoms with E-state index in [9.17, 15) is 9.18 Å². The number of hydrogen-bond acceptors (Lipinski definition) is 5. The smallest absolute Gasteiger partial charge is 0.404 e. The summed E-state index contributed by atoms with van der Waals surface area (Å²) in [5.74, 6) is 0.124. The van der Waals surface area contributed by atoms with E-state index in [1.807, 2.05) is 12.3 Å². The number of anilines is 2. The predicted octanol–water partition coefficient (Wildman–Crippen LogP) is 3.50. The summed E-state index contributed by atoms with van der Waals surface area (Å²) in [6, 6.07) is 6.41. The van der Waals surface area contributed by atoms with Gasteiger partial charge >= 0.3 is 6.09 Å². The number of likely N-dealkylation sites (tertiary alicyclic amines) is 1. The normalized spacial score (nSPS) is 15.5. The van der Waals surface area contributed by atoms with Crippen molar-refractivity contribution >= 4 is 34.7 Å². The average molecular weight is 419 g/mol. The number of carbonyl (C=O) groups is 1. The highest BCUT2D eigenvalue weighted by atomic mass is 35.5. The molecule has 3 heterocycles. The van der Waals surface area contributed by atoms with Crippen molar-refractivity contribution in [1.29, 1.82) is 0 Å². The molecule has 0 saturated carbocycles. The molecule has 29 heavy (non-hydrogen) atoms. The third-order valence-corrected chi connectivity index (χ3v) is 5.32. The van der Waals surface area contributed by atoms with E-state index < -0.39 is 11.9 Å². The minimum Gasteiger partial charge on any atom is -0.465 e.